The number of aromatic nitrogens is 2. The van der Waals surface area contributed by atoms with Crippen molar-refractivity contribution in [1.82, 2.24) is 9.97 Å². The number of benzene rings is 1. The highest BCUT2D eigenvalue weighted by atomic mass is 35.5. The van der Waals surface area contributed by atoms with Crippen molar-refractivity contribution in [3.63, 3.8) is 0 Å². The van der Waals surface area contributed by atoms with Gasteiger partial charge in [0.15, 0.2) is 0 Å². The van der Waals surface area contributed by atoms with Crippen molar-refractivity contribution in [3.05, 3.63) is 40.8 Å². The second-order valence-corrected chi connectivity index (χ2v) is 5.84. The van der Waals surface area contributed by atoms with E-state index >= 15 is 0 Å². The number of hydrogen-bond acceptors (Lipinski definition) is 3. The van der Waals surface area contributed by atoms with E-state index in [-0.39, 0.29) is 18.0 Å². The van der Waals surface area contributed by atoms with E-state index in [0.29, 0.717) is 16.4 Å². The zero-order valence-electron chi connectivity index (χ0n) is 11.6. The molecule has 1 aliphatic rings. The zero-order valence-corrected chi connectivity index (χ0v) is 12.3. The minimum atomic E-state index is -1.54. The summed E-state index contributed by atoms with van der Waals surface area (Å²) in [5.74, 6) is -0.103. The van der Waals surface area contributed by atoms with Gasteiger partial charge in [-0.2, -0.15) is 0 Å². The van der Waals surface area contributed by atoms with Gasteiger partial charge in [0.2, 0.25) is 5.91 Å². The topological polar surface area (TPSA) is 54.9 Å². The van der Waals surface area contributed by atoms with Gasteiger partial charge in [-0.15, -0.1) is 0 Å². The number of amides is 1. The van der Waals surface area contributed by atoms with Crippen LogP contribution in [0.2, 0.25) is 5.02 Å². The first-order valence-electron chi connectivity index (χ1n) is 6.49. The van der Waals surface area contributed by atoms with E-state index in [4.69, 9.17) is 11.6 Å². The van der Waals surface area contributed by atoms with Gasteiger partial charge in [0.05, 0.1) is 40.9 Å². The summed E-state index contributed by atoms with van der Waals surface area (Å²) in [6, 6.07) is 3.50. The summed E-state index contributed by atoms with van der Waals surface area (Å²) in [5, 5.41) is 3.23. The number of hydrogen-bond donors (Lipinski definition) is 1. The molecule has 0 aliphatic carbocycles. The molecule has 2 heterocycles. The van der Waals surface area contributed by atoms with Gasteiger partial charge in [-0.1, -0.05) is 17.7 Å². The smallest absolute Gasteiger partial charge is 0.228 e. The minimum absolute atomic E-state index is 0.103. The molecule has 2 aromatic rings. The Kier molecular flexibility index (Phi) is 3.17. The number of anilines is 1. The van der Waals surface area contributed by atoms with E-state index in [2.05, 4.69) is 15.3 Å². The van der Waals surface area contributed by atoms with Gasteiger partial charge in [0.1, 0.15) is 5.67 Å². The summed E-state index contributed by atoms with van der Waals surface area (Å²) >= 11 is 6.08. The van der Waals surface area contributed by atoms with E-state index in [1.54, 1.807) is 12.1 Å². The number of nitrogens with one attached hydrogen (secondary N) is 1. The van der Waals surface area contributed by atoms with Gasteiger partial charge in [-0.25, -0.2) is 4.39 Å². The maximum atomic E-state index is 13.8. The van der Waals surface area contributed by atoms with E-state index < -0.39 is 5.67 Å². The van der Waals surface area contributed by atoms with E-state index in [1.165, 1.54) is 26.2 Å². The Hall–Kier alpha value is -2.01. The van der Waals surface area contributed by atoms with Crippen LogP contribution >= 0.6 is 11.6 Å². The molecule has 108 valence electrons. The highest BCUT2D eigenvalue weighted by Crippen LogP contribution is 2.37. The van der Waals surface area contributed by atoms with Gasteiger partial charge >= 0.3 is 0 Å². The monoisotopic (exact) mass is 305 g/mol. The zero-order chi connectivity index (χ0) is 15.2. The predicted molar refractivity (Wildman–Crippen MR) is 78.9 cm³/mol. The normalized spacial score (nSPS) is 14.0. The molecule has 1 aromatic heterocycles. The van der Waals surface area contributed by atoms with Crippen LogP contribution in [0.5, 0.6) is 0 Å². The van der Waals surface area contributed by atoms with Crippen LogP contribution in [0.15, 0.2) is 24.5 Å². The number of rotatable bonds is 2. The van der Waals surface area contributed by atoms with Gasteiger partial charge in [0, 0.05) is 5.56 Å². The van der Waals surface area contributed by atoms with Crippen LogP contribution in [-0.4, -0.2) is 15.9 Å². The molecule has 1 aliphatic heterocycles. The fourth-order valence-electron chi connectivity index (χ4n) is 2.30. The van der Waals surface area contributed by atoms with Gasteiger partial charge in [0.25, 0.3) is 0 Å². The number of halogens is 2. The number of nitrogens with zero attached hydrogens (tertiary/aromatic N) is 2. The fourth-order valence-corrected chi connectivity index (χ4v) is 2.52. The molecule has 0 saturated heterocycles. The van der Waals surface area contributed by atoms with Crippen molar-refractivity contribution in [1.29, 1.82) is 0 Å². The molecule has 4 nitrogen and oxygen atoms in total. The molecule has 0 atom stereocenters. The van der Waals surface area contributed by atoms with Crippen molar-refractivity contribution in [2.24, 2.45) is 0 Å². The Morgan fingerprint density at radius 1 is 1.29 bits per heavy atom. The predicted octanol–water partition coefficient (Wildman–Crippen LogP) is 3.50. The largest absolute Gasteiger partial charge is 0.324 e. The first-order valence-corrected chi connectivity index (χ1v) is 6.87. The fraction of sp³-hybridized carbons (Fsp3) is 0.267. The maximum Gasteiger partial charge on any atom is 0.228 e. The summed E-state index contributed by atoms with van der Waals surface area (Å²) in [6.45, 7) is 2.86. The Bertz CT molecular complexity index is 723. The molecule has 1 amide bonds. The number of carbonyl (C=O) groups excluding carboxylic acids is 1. The van der Waals surface area contributed by atoms with Crippen molar-refractivity contribution in [3.8, 4) is 11.3 Å². The third-order valence-corrected chi connectivity index (χ3v) is 3.72. The molecule has 0 bridgehead atoms. The molecule has 0 fully saturated rings. The van der Waals surface area contributed by atoms with Gasteiger partial charge in [-0.3, -0.25) is 14.8 Å². The lowest BCUT2D eigenvalue weighted by Gasteiger charge is -2.13. The Labute approximate surface area is 126 Å². The van der Waals surface area contributed by atoms with Crippen LogP contribution in [0.1, 0.15) is 25.1 Å². The van der Waals surface area contributed by atoms with Gasteiger partial charge < -0.3 is 5.32 Å². The Balaban J connectivity index is 2.07. The number of alkyl halides is 1. The average molecular weight is 306 g/mol. The van der Waals surface area contributed by atoms with E-state index in [9.17, 15) is 9.18 Å². The highest BCUT2D eigenvalue weighted by Gasteiger charge is 2.25. The molecule has 0 radical (unpaired) electrons. The van der Waals surface area contributed by atoms with Crippen molar-refractivity contribution in [2.75, 3.05) is 5.32 Å². The van der Waals surface area contributed by atoms with E-state index in [0.717, 1.165) is 11.1 Å². The lowest BCUT2D eigenvalue weighted by atomic mass is 10.0. The molecule has 1 N–H and O–H groups in total. The van der Waals surface area contributed by atoms with Crippen molar-refractivity contribution >= 4 is 23.2 Å². The third-order valence-electron chi connectivity index (χ3n) is 3.40. The molecular formula is C15H13ClFN3O. The molecular weight excluding hydrogens is 293 g/mol. The molecule has 21 heavy (non-hydrogen) atoms. The molecule has 3 rings (SSSR count). The Morgan fingerprint density at radius 3 is 2.67 bits per heavy atom. The second-order valence-electron chi connectivity index (χ2n) is 5.43. The number of carbonyl (C=O) groups is 1. The summed E-state index contributed by atoms with van der Waals surface area (Å²) in [4.78, 5) is 19.9. The summed E-state index contributed by atoms with van der Waals surface area (Å²) < 4.78 is 13.8. The molecule has 0 saturated carbocycles. The average Bonchev–Trinajstić information content (AvgIpc) is 2.81. The van der Waals surface area contributed by atoms with Crippen LogP contribution in [0.4, 0.5) is 10.1 Å². The quantitative estimate of drug-likeness (QED) is 0.924. The second kappa shape index (κ2) is 4.77. The van der Waals surface area contributed by atoms with Crippen LogP contribution in [0, 0.1) is 0 Å². The lowest BCUT2D eigenvalue weighted by Crippen LogP contribution is -2.12. The van der Waals surface area contributed by atoms with Crippen LogP contribution < -0.4 is 5.32 Å². The number of fused-ring (bicyclic) bond motifs is 1. The summed E-state index contributed by atoms with van der Waals surface area (Å²) in [7, 11) is 0. The standard InChI is InChI=1S/C15H13ClFN3O/c1-15(2,17)12-7-18-11(6-19-12)8-3-4-10(16)14-9(8)5-13(21)20-14/h3-4,6-7H,5H2,1-2H3,(H,20,21). The minimum Gasteiger partial charge on any atom is -0.324 e. The van der Waals surface area contributed by atoms with Crippen molar-refractivity contribution < 1.29 is 9.18 Å². The molecule has 0 spiro atoms. The van der Waals surface area contributed by atoms with E-state index in [1.807, 2.05) is 0 Å². The van der Waals surface area contributed by atoms with Crippen LogP contribution in [0.3, 0.4) is 0 Å². The molecule has 0 unspecified atom stereocenters. The molecule has 6 heteroatoms. The highest BCUT2D eigenvalue weighted by molar-refractivity contribution is 6.34. The third kappa shape index (κ3) is 2.49. The first kappa shape index (κ1) is 13.9. The first-order chi connectivity index (χ1) is 9.86. The van der Waals surface area contributed by atoms with Crippen LogP contribution in [0.25, 0.3) is 11.3 Å². The summed E-state index contributed by atoms with van der Waals surface area (Å²) in [5.41, 5.74) is 1.53. The van der Waals surface area contributed by atoms with Gasteiger partial charge in [-0.05, 0) is 25.5 Å². The molecule has 1 aromatic carbocycles. The summed E-state index contributed by atoms with van der Waals surface area (Å²) in [6.07, 6.45) is 3.19. The van der Waals surface area contributed by atoms with Crippen LogP contribution in [-0.2, 0) is 16.9 Å². The SMILES string of the molecule is CC(C)(F)c1cnc(-c2ccc(Cl)c3c2CC(=O)N3)cn1. The van der Waals surface area contributed by atoms with Crippen molar-refractivity contribution in [2.45, 2.75) is 25.9 Å². The maximum absolute atomic E-state index is 13.8. The lowest BCUT2D eigenvalue weighted by molar-refractivity contribution is -0.115. The Morgan fingerprint density at radius 2 is 2.05 bits per heavy atom.